The summed E-state index contributed by atoms with van der Waals surface area (Å²) in [6.45, 7) is 3.66. The maximum absolute atomic E-state index is 12.7. The van der Waals surface area contributed by atoms with Gasteiger partial charge >= 0.3 is 6.18 Å². The van der Waals surface area contributed by atoms with Crippen molar-refractivity contribution in [2.24, 2.45) is 5.92 Å². The number of carbonyl (C=O) groups is 1. The molecular weight excluding hydrogens is 305 g/mol. The Labute approximate surface area is 134 Å². The Morgan fingerprint density at radius 2 is 2.00 bits per heavy atom. The standard InChI is InChI=1S/C17H23F3N2O/c1-12(16(23)21-15-6-8-22(2)9-7-15)10-13-4-3-5-14(11-13)17(18,19)20/h3-5,11-12,15H,6-10H2,1-2H3,(H,21,23). The summed E-state index contributed by atoms with van der Waals surface area (Å²) in [5.74, 6) is -0.435. The fourth-order valence-electron chi connectivity index (χ4n) is 2.82. The van der Waals surface area contributed by atoms with Crippen LogP contribution in [0.1, 0.15) is 30.9 Å². The van der Waals surface area contributed by atoms with Crippen LogP contribution in [0.3, 0.4) is 0 Å². The molecule has 1 fully saturated rings. The lowest BCUT2D eigenvalue weighted by Crippen LogP contribution is -2.45. The molecular formula is C17H23F3N2O. The van der Waals surface area contributed by atoms with Crippen LogP contribution in [0.5, 0.6) is 0 Å². The van der Waals surface area contributed by atoms with Gasteiger partial charge in [0.15, 0.2) is 0 Å². The number of likely N-dealkylation sites (tertiary alicyclic amines) is 1. The molecule has 23 heavy (non-hydrogen) atoms. The number of nitrogens with one attached hydrogen (secondary N) is 1. The molecule has 0 spiro atoms. The van der Waals surface area contributed by atoms with Gasteiger partial charge in [0.2, 0.25) is 5.91 Å². The SMILES string of the molecule is CC(Cc1cccc(C(F)(F)F)c1)C(=O)NC1CCN(C)CC1. The second kappa shape index (κ2) is 7.34. The van der Waals surface area contributed by atoms with E-state index in [2.05, 4.69) is 10.2 Å². The highest BCUT2D eigenvalue weighted by molar-refractivity contribution is 5.78. The molecule has 2 rings (SSSR count). The summed E-state index contributed by atoms with van der Waals surface area (Å²) in [5, 5.41) is 3.02. The predicted molar refractivity (Wildman–Crippen MR) is 83.0 cm³/mol. The quantitative estimate of drug-likeness (QED) is 0.921. The Kier molecular flexibility index (Phi) is 5.68. The number of piperidine rings is 1. The van der Waals surface area contributed by atoms with Gasteiger partial charge in [0.1, 0.15) is 0 Å². The zero-order valence-electron chi connectivity index (χ0n) is 13.5. The molecule has 1 N–H and O–H groups in total. The van der Waals surface area contributed by atoms with Crippen molar-refractivity contribution in [2.45, 2.75) is 38.4 Å². The van der Waals surface area contributed by atoms with Gasteiger partial charge in [-0.1, -0.05) is 25.1 Å². The van der Waals surface area contributed by atoms with Gasteiger partial charge in [-0.2, -0.15) is 13.2 Å². The highest BCUT2D eigenvalue weighted by Crippen LogP contribution is 2.30. The van der Waals surface area contributed by atoms with E-state index >= 15 is 0 Å². The Morgan fingerprint density at radius 3 is 2.61 bits per heavy atom. The normalized spacial score (nSPS) is 18.7. The molecule has 128 valence electrons. The maximum atomic E-state index is 12.7. The highest BCUT2D eigenvalue weighted by Gasteiger charge is 2.30. The van der Waals surface area contributed by atoms with E-state index in [-0.39, 0.29) is 17.9 Å². The molecule has 0 aromatic heterocycles. The van der Waals surface area contributed by atoms with Gasteiger partial charge in [0.05, 0.1) is 5.56 Å². The van der Waals surface area contributed by atoms with Gasteiger partial charge in [-0.3, -0.25) is 4.79 Å². The minimum atomic E-state index is -4.35. The minimum Gasteiger partial charge on any atom is -0.353 e. The Hall–Kier alpha value is -1.56. The van der Waals surface area contributed by atoms with Gasteiger partial charge in [0.25, 0.3) is 0 Å². The number of rotatable bonds is 4. The Morgan fingerprint density at radius 1 is 1.35 bits per heavy atom. The van der Waals surface area contributed by atoms with E-state index in [4.69, 9.17) is 0 Å². The zero-order chi connectivity index (χ0) is 17.0. The number of halogens is 3. The van der Waals surface area contributed by atoms with Crippen molar-refractivity contribution in [3.05, 3.63) is 35.4 Å². The van der Waals surface area contributed by atoms with Gasteiger partial charge in [-0.15, -0.1) is 0 Å². The number of hydrogen-bond donors (Lipinski definition) is 1. The zero-order valence-corrected chi connectivity index (χ0v) is 13.5. The lowest BCUT2D eigenvalue weighted by Gasteiger charge is -2.30. The minimum absolute atomic E-state index is 0.0861. The van der Waals surface area contributed by atoms with Crippen molar-refractivity contribution in [3.8, 4) is 0 Å². The van der Waals surface area contributed by atoms with E-state index in [0.29, 0.717) is 12.0 Å². The van der Waals surface area contributed by atoms with Crippen molar-refractivity contribution >= 4 is 5.91 Å². The molecule has 1 aliphatic rings. The van der Waals surface area contributed by atoms with Crippen LogP contribution >= 0.6 is 0 Å². The first-order valence-corrected chi connectivity index (χ1v) is 7.91. The summed E-state index contributed by atoms with van der Waals surface area (Å²) in [5.41, 5.74) is -0.135. The molecule has 3 nitrogen and oxygen atoms in total. The van der Waals surface area contributed by atoms with Gasteiger partial charge in [-0.05, 0) is 51.0 Å². The number of nitrogens with zero attached hydrogens (tertiary/aromatic N) is 1. The van der Waals surface area contributed by atoms with Crippen LogP contribution in [-0.4, -0.2) is 37.0 Å². The fraction of sp³-hybridized carbons (Fsp3) is 0.588. The molecule has 0 aliphatic carbocycles. The van der Waals surface area contributed by atoms with Crippen LogP contribution in [-0.2, 0) is 17.4 Å². The lowest BCUT2D eigenvalue weighted by molar-refractivity contribution is -0.137. The molecule has 1 unspecified atom stereocenters. The molecule has 1 amide bonds. The topological polar surface area (TPSA) is 32.3 Å². The first-order valence-electron chi connectivity index (χ1n) is 7.91. The van der Waals surface area contributed by atoms with Crippen molar-refractivity contribution in [2.75, 3.05) is 20.1 Å². The first kappa shape index (κ1) is 17.8. The van der Waals surface area contributed by atoms with Crippen LogP contribution in [0.25, 0.3) is 0 Å². The van der Waals surface area contributed by atoms with Crippen LogP contribution in [0.4, 0.5) is 13.2 Å². The molecule has 1 aromatic carbocycles. The van der Waals surface area contributed by atoms with E-state index in [1.54, 1.807) is 13.0 Å². The molecule has 0 bridgehead atoms. The Balaban J connectivity index is 1.91. The van der Waals surface area contributed by atoms with Gasteiger partial charge < -0.3 is 10.2 Å². The number of alkyl halides is 3. The number of benzene rings is 1. The largest absolute Gasteiger partial charge is 0.416 e. The monoisotopic (exact) mass is 328 g/mol. The molecule has 0 saturated carbocycles. The van der Waals surface area contributed by atoms with Crippen LogP contribution in [0.2, 0.25) is 0 Å². The van der Waals surface area contributed by atoms with E-state index in [1.165, 1.54) is 6.07 Å². The molecule has 0 radical (unpaired) electrons. The smallest absolute Gasteiger partial charge is 0.353 e. The molecule has 1 heterocycles. The van der Waals surface area contributed by atoms with Crippen LogP contribution < -0.4 is 5.32 Å². The lowest BCUT2D eigenvalue weighted by atomic mass is 9.97. The van der Waals surface area contributed by atoms with Gasteiger partial charge in [-0.25, -0.2) is 0 Å². The summed E-state index contributed by atoms with van der Waals surface area (Å²) >= 11 is 0. The summed E-state index contributed by atoms with van der Waals surface area (Å²) in [6, 6.07) is 5.36. The first-order chi connectivity index (χ1) is 10.8. The van der Waals surface area contributed by atoms with Crippen molar-refractivity contribution in [3.63, 3.8) is 0 Å². The third-order valence-corrected chi connectivity index (χ3v) is 4.31. The second-order valence-electron chi connectivity index (χ2n) is 6.39. The predicted octanol–water partition coefficient (Wildman–Crippen LogP) is 3.09. The highest BCUT2D eigenvalue weighted by atomic mass is 19.4. The van der Waals surface area contributed by atoms with E-state index in [9.17, 15) is 18.0 Å². The van der Waals surface area contributed by atoms with Crippen molar-refractivity contribution in [1.82, 2.24) is 10.2 Å². The average Bonchev–Trinajstić information content (AvgIpc) is 2.49. The van der Waals surface area contributed by atoms with E-state index in [0.717, 1.165) is 38.1 Å². The third kappa shape index (κ3) is 5.23. The summed E-state index contributed by atoms with van der Waals surface area (Å²) < 4.78 is 38.2. The molecule has 1 atom stereocenters. The van der Waals surface area contributed by atoms with Crippen molar-refractivity contribution in [1.29, 1.82) is 0 Å². The van der Waals surface area contributed by atoms with Gasteiger partial charge in [0, 0.05) is 12.0 Å². The van der Waals surface area contributed by atoms with Crippen LogP contribution in [0.15, 0.2) is 24.3 Å². The van der Waals surface area contributed by atoms with E-state index in [1.807, 2.05) is 7.05 Å². The molecule has 1 aliphatic heterocycles. The van der Waals surface area contributed by atoms with Crippen molar-refractivity contribution < 1.29 is 18.0 Å². The van der Waals surface area contributed by atoms with Crippen LogP contribution in [0, 0.1) is 5.92 Å². The maximum Gasteiger partial charge on any atom is 0.416 e. The molecule has 1 aromatic rings. The molecule has 6 heteroatoms. The summed E-state index contributed by atoms with van der Waals surface area (Å²) in [4.78, 5) is 14.4. The number of carbonyl (C=O) groups excluding carboxylic acids is 1. The number of hydrogen-bond acceptors (Lipinski definition) is 2. The molecule has 1 saturated heterocycles. The Bertz CT molecular complexity index is 537. The van der Waals surface area contributed by atoms with E-state index < -0.39 is 11.7 Å². The average molecular weight is 328 g/mol. The third-order valence-electron chi connectivity index (χ3n) is 4.31. The number of amides is 1. The summed E-state index contributed by atoms with van der Waals surface area (Å²) in [6.07, 6.45) is -2.21. The fourth-order valence-corrected chi connectivity index (χ4v) is 2.82. The second-order valence-corrected chi connectivity index (χ2v) is 6.39. The summed E-state index contributed by atoms with van der Waals surface area (Å²) in [7, 11) is 2.05.